The van der Waals surface area contributed by atoms with Gasteiger partial charge in [0.15, 0.2) is 0 Å². The predicted molar refractivity (Wildman–Crippen MR) is 83.2 cm³/mol. The fraction of sp³-hybridized carbons (Fsp3) is 0.500. The Balaban J connectivity index is 1.89. The van der Waals surface area contributed by atoms with Crippen LogP contribution in [0.5, 0.6) is 0 Å². The van der Waals surface area contributed by atoms with E-state index in [0.717, 1.165) is 30.8 Å². The molecule has 2 amide bonds. The lowest BCUT2D eigenvalue weighted by Gasteiger charge is -2.32. The maximum Gasteiger partial charge on any atom is 0.238 e. The minimum Gasteiger partial charge on any atom is -0.343 e. The molecule has 1 aliphatic heterocycles. The summed E-state index contributed by atoms with van der Waals surface area (Å²) in [4.78, 5) is 26.6. The summed E-state index contributed by atoms with van der Waals surface area (Å²) >= 11 is 0. The summed E-state index contributed by atoms with van der Waals surface area (Å²) in [6, 6.07) is 7.91. The Kier molecular flexibility index (Phi) is 5.33. The van der Waals surface area contributed by atoms with Crippen LogP contribution in [0, 0.1) is 0 Å². The van der Waals surface area contributed by atoms with Gasteiger partial charge in [-0.1, -0.05) is 32.0 Å². The average molecular weight is 289 g/mol. The maximum atomic E-state index is 12.2. The van der Waals surface area contributed by atoms with Gasteiger partial charge in [-0.25, -0.2) is 0 Å². The van der Waals surface area contributed by atoms with Crippen molar-refractivity contribution in [2.75, 3.05) is 38.0 Å². The summed E-state index contributed by atoms with van der Waals surface area (Å²) in [7, 11) is 0. The van der Waals surface area contributed by atoms with Crippen LogP contribution >= 0.6 is 0 Å². The molecule has 5 nitrogen and oxygen atoms in total. The van der Waals surface area contributed by atoms with Crippen LogP contribution in [0.15, 0.2) is 24.3 Å². The van der Waals surface area contributed by atoms with Crippen molar-refractivity contribution in [3.05, 3.63) is 29.8 Å². The third-order valence-electron chi connectivity index (χ3n) is 3.78. The highest BCUT2D eigenvalue weighted by Gasteiger charge is 2.18. The fourth-order valence-electron chi connectivity index (χ4n) is 2.53. The number of piperazine rings is 1. The number of carbonyl (C=O) groups is 2. The average Bonchev–Trinajstić information content (AvgIpc) is 2.48. The Morgan fingerprint density at radius 3 is 2.52 bits per heavy atom. The van der Waals surface area contributed by atoms with Crippen molar-refractivity contribution in [1.82, 2.24) is 9.80 Å². The molecule has 1 heterocycles. The molecule has 1 N–H and O–H groups in total. The largest absolute Gasteiger partial charge is 0.343 e. The van der Waals surface area contributed by atoms with E-state index in [-0.39, 0.29) is 5.91 Å². The van der Waals surface area contributed by atoms with Crippen molar-refractivity contribution in [3.8, 4) is 0 Å². The molecule has 1 fully saturated rings. The van der Waals surface area contributed by atoms with Crippen molar-refractivity contribution in [2.45, 2.75) is 19.8 Å². The summed E-state index contributed by atoms with van der Waals surface area (Å²) in [5, 5.41) is 3.00. The molecule has 1 aliphatic rings. The fourth-order valence-corrected chi connectivity index (χ4v) is 2.53. The van der Waals surface area contributed by atoms with Crippen LogP contribution < -0.4 is 5.32 Å². The molecule has 1 aromatic rings. The number of hydrogen-bond donors (Lipinski definition) is 1. The molecule has 114 valence electrons. The minimum absolute atomic E-state index is 0.00246. The molecule has 0 bridgehead atoms. The molecule has 0 aromatic heterocycles. The summed E-state index contributed by atoms with van der Waals surface area (Å²) in [5.41, 5.74) is 2.04. The first-order chi connectivity index (χ1) is 10.1. The predicted octanol–water partition coefficient (Wildman–Crippen LogP) is 1.52. The zero-order chi connectivity index (χ0) is 15.2. The van der Waals surface area contributed by atoms with E-state index in [1.807, 2.05) is 24.3 Å². The SMILES string of the molecule is CC(C)c1ccccc1NC(=O)CN1CCN(C=O)CC1. The van der Waals surface area contributed by atoms with Crippen LogP contribution in [-0.4, -0.2) is 54.8 Å². The molecule has 0 unspecified atom stereocenters. The van der Waals surface area contributed by atoms with Crippen molar-refractivity contribution in [1.29, 1.82) is 0 Å². The van der Waals surface area contributed by atoms with E-state index in [4.69, 9.17) is 0 Å². The molecule has 0 radical (unpaired) electrons. The molecular weight excluding hydrogens is 266 g/mol. The van der Waals surface area contributed by atoms with E-state index < -0.39 is 0 Å². The molecule has 0 atom stereocenters. The lowest BCUT2D eigenvalue weighted by molar-refractivity contribution is -0.120. The summed E-state index contributed by atoms with van der Waals surface area (Å²) in [6.45, 7) is 7.49. The van der Waals surface area contributed by atoms with Gasteiger partial charge in [-0.15, -0.1) is 0 Å². The van der Waals surface area contributed by atoms with Crippen LogP contribution in [0.2, 0.25) is 0 Å². The van der Waals surface area contributed by atoms with E-state index in [1.54, 1.807) is 4.90 Å². The van der Waals surface area contributed by atoms with Gasteiger partial charge in [0.1, 0.15) is 0 Å². The normalized spacial score (nSPS) is 16.0. The molecule has 1 aromatic carbocycles. The molecule has 0 aliphatic carbocycles. The second-order valence-electron chi connectivity index (χ2n) is 5.71. The van der Waals surface area contributed by atoms with Gasteiger partial charge >= 0.3 is 0 Å². The van der Waals surface area contributed by atoms with Crippen LogP contribution in [0.25, 0.3) is 0 Å². The number of rotatable bonds is 5. The van der Waals surface area contributed by atoms with E-state index in [2.05, 4.69) is 24.1 Å². The molecule has 1 saturated heterocycles. The number of para-hydroxylation sites is 1. The van der Waals surface area contributed by atoms with Gasteiger partial charge in [-0.2, -0.15) is 0 Å². The highest BCUT2D eigenvalue weighted by molar-refractivity contribution is 5.93. The lowest BCUT2D eigenvalue weighted by Crippen LogP contribution is -2.48. The molecule has 2 rings (SSSR count). The van der Waals surface area contributed by atoms with Crippen LogP contribution in [-0.2, 0) is 9.59 Å². The number of carbonyl (C=O) groups excluding carboxylic acids is 2. The highest BCUT2D eigenvalue weighted by atomic mass is 16.2. The summed E-state index contributed by atoms with van der Waals surface area (Å²) < 4.78 is 0. The van der Waals surface area contributed by atoms with Gasteiger partial charge in [-0.3, -0.25) is 14.5 Å². The second-order valence-corrected chi connectivity index (χ2v) is 5.71. The van der Waals surface area contributed by atoms with E-state index in [1.165, 1.54) is 0 Å². The van der Waals surface area contributed by atoms with Crippen molar-refractivity contribution >= 4 is 18.0 Å². The van der Waals surface area contributed by atoms with E-state index in [0.29, 0.717) is 25.6 Å². The molecular formula is C16H23N3O2. The minimum atomic E-state index is 0.00246. The van der Waals surface area contributed by atoms with Gasteiger partial charge in [-0.05, 0) is 17.5 Å². The second kappa shape index (κ2) is 7.22. The third kappa shape index (κ3) is 4.29. The highest BCUT2D eigenvalue weighted by Crippen LogP contribution is 2.23. The number of nitrogens with one attached hydrogen (secondary N) is 1. The number of benzene rings is 1. The van der Waals surface area contributed by atoms with Crippen molar-refractivity contribution in [2.24, 2.45) is 0 Å². The van der Waals surface area contributed by atoms with Crippen molar-refractivity contribution < 1.29 is 9.59 Å². The molecule has 0 saturated carbocycles. The molecule has 0 spiro atoms. The van der Waals surface area contributed by atoms with Crippen LogP contribution in [0.3, 0.4) is 0 Å². The molecule has 5 heteroatoms. The van der Waals surface area contributed by atoms with Gasteiger partial charge in [0.2, 0.25) is 12.3 Å². The summed E-state index contributed by atoms with van der Waals surface area (Å²) in [6.07, 6.45) is 0.871. The Labute approximate surface area is 125 Å². The summed E-state index contributed by atoms with van der Waals surface area (Å²) in [5.74, 6) is 0.375. The van der Waals surface area contributed by atoms with Gasteiger partial charge in [0.05, 0.1) is 6.54 Å². The number of nitrogens with zero attached hydrogens (tertiary/aromatic N) is 2. The van der Waals surface area contributed by atoms with Gasteiger partial charge in [0, 0.05) is 31.9 Å². The zero-order valence-electron chi connectivity index (χ0n) is 12.7. The zero-order valence-corrected chi connectivity index (χ0v) is 12.7. The quantitative estimate of drug-likeness (QED) is 0.836. The van der Waals surface area contributed by atoms with Gasteiger partial charge in [0.25, 0.3) is 0 Å². The Morgan fingerprint density at radius 2 is 1.90 bits per heavy atom. The monoisotopic (exact) mass is 289 g/mol. The topological polar surface area (TPSA) is 52.7 Å². The maximum absolute atomic E-state index is 12.2. The van der Waals surface area contributed by atoms with Gasteiger partial charge < -0.3 is 10.2 Å². The standard InChI is InChI=1S/C16H23N3O2/c1-13(2)14-5-3-4-6-15(14)17-16(21)11-18-7-9-19(12-20)10-8-18/h3-6,12-13H,7-11H2,1-2H3,(H,17,21). The first-order valence-corrected chi connectivity index (χ1v) is 7.40. The first-order valence-electron chi connectivity index (χ1n) is 7.40. The number of anilines is 1. The number of hydrogen-bond acceptors (Lipinski definition) is 3. The third-order valence-corrected chi connectivity index (χ3v) is 3.78. The number of amides is 2. The lowest BCUT2D eigenvalue weighted by atomic mass is 10.0. The first kappa shape index (κ1) is 15.5. The Bertz CT molecular complexity index is 494. The Morgan fingerprint density at radius 1 is 1.24 bits per heavy atom. The molecule has 21 heavy (non-hydrogen) atoms. The van der Waals surface area contributed by atoms with Crippen LogP contribution in [0.1, 0.15) is 25.3 Å². The van der Waals surface area contributed by atoms with E-state index >= 15 is 0 Å². The van der Waals surface area contributed by atoms with Crippen molar-refractivity contribution in [3.63, 3.8) is 0 Å². The Hall–Kier alpha value is -1.88. The van der Waals surface area contributed by atoms with Crippen LogP contribution in [0.4, 0.5) is 5.69 Å². The van der Waals surface area contributed by atoms with E-state index in [9.17, 15) is 9.59 Å². The smallest absolute Gasteiger partial charge is 0.238 e.